The molecule has 1 N–H and O–H groups in total. The summed E-state index contributed by atoms with van der Waals surface area (Å²) < 4.78 is 2.00. The Morgan fingerprint density at radius 3 is 2.84 bits per heavy atom. The highest BCUT2D eigenvalue weighted by atomic mass is 32.2. The predicted octanol–water partition coefficient (Wildman–Crippen LogP) is 3.27. The van der Waals surface area contributed by atoms with Gasteiger partial charge in [-0.25, -0.2) is 5.43 Å². The molecule has 2 heterocycles. The molecule has 0 radical (unpaired) electrons. The van der Waals surface area contributed by atoms with Gasteiger partial charge in [0.1, 0.15) is 0 Å². The van der Waals surface area contributed by atoms with Crippen LogP contribution in [0.3, 0.4) is 0 Å². The van der Waals surface area contributed by atoms with Crippen LogP contribution in [0.5, 0.6) is 0 Å². The average molecular weight is 371 g/mol. The molecule has 0 spiro atoms. The SMILES string of the molecule is CCn1c(SCC(=O)N/N=C/c2cccs2)nnc1-c1ccccc1. The van der Waals surface area contributed by atoms with Gasteiger partial charge in [-0.15, -0.1) is 21.5 Å². The van der Waals surface area contributed by atoms with Gasteiger partial charge in [0.2, 0.25) is 0 Å². The number of nitrogens with zero attached hydrogens (tertiary/aromatic N) is 4. The van der Waals surface area contributed by atoms with E-state index in [0.29, 0.717) is 0 Å². The van der Waals surface area contributed by atoms with E-state index in [1.165, 1.54) is 11.8 Å². The number of carbonyl (C=O) groups excluding carboxylic acids is 1. The second kappa shape index (κ2) is 8.59. The van der Waals surface area contributed by atoms with Crippen molar-refractivity contribution in [2.45, 2.75) is 18.6 Å². The normalized spacial score (nSPS) is 11.1. The highest BCUT2D eigenvalue weighted by Crippen LogP contribution is 2.23. The molecule has 0 aliphatic rings. The summed E-state index contributed by atoms with van der Waals surface area (Å²) in [5, 5.41) is 15.1. The number of hydrazone groups is 1. The summed E-state index contributed by atoms with van der Waals surface area (Å²) in [5.41, 5.74) is 3.53. The molecule has 3 aromatic rings. The highest BCUT2D eigenvalue weighted by molar-refractivity contribution is 7.99. The van der Waals surface area contributed by atoms with Gasteiger partial charge in [-0.05, 0) is 18.4 Å². The van der Waals surface area contributed by atoms with Gasteiger partial charge in [0.25, 0.3) is 5.91 Å². The molecule has 8 heteroatoms. The van der Waals surface area contributed by atoms with Gasteiger partial charge in [0, 0.05) is 17.0 Å². The van der Waals surface area contributed by atoms with Crippen molar-refractivity contribution < 1.29 is 4.79 Å². The van der Waals surface area contributed by atoms with E-state index in [4.69, 9.17) is 0 Å². The Morgan fingerprint density at radius 2 is 2.12 bits per heavy atom. The van der Waals surface area contributed by atoms with Crippen LogP contribution in [0, 0.1) is 0 Å². The molecule has 0 saturated heterocycles. The monoisotopic (exact) mass is 371 g/mol. The second-order valence-corrected chi connectivity index (χ2v) is 6.94. The predicted molar refractivity (Wildman–Crippen MR) is 102 cm³/mol. The molecule has 0 aliphatic carbocycles. The number of benzene rings is 1. The third-order valence-corrected chi connectivity index (χ3v) is 5.10. The molecule has 0 aliphatic heterocycles. The van der Waals surface area contributed by atoms with E-state index in [-0.39, 0.29) is 11.7 Å². The lowest BCUT2D eigenvalue weighted by Gasteiger charge is -2.06. The minimum Gasteiger partial charge on any atom is -0.302 e. The number of thiophene rings is 1. The average Bonchev–Trinajstić information content (AvgIpc) is 3.30. The first-order valence-corrected chi connectivity index (χ1v) is 9.61. The molecular formula is C17H17N5OS2. The summed E-state index contributed by atoms with van der Waals surface area (Å²) in [6.45, 7) is 2.77. The lowest BCUT2D eigenvalue weighted by molar-refractivity contribution is -0.118. The van der Waals surface area contributed by atoms with Gasteiger partial charge in [-0.3, -0.25) is 4.79 Å². The Morgan fingerprint density at radius 1 is 1.28 bits per heavy atom. The van der Waals surface area contributed by atoms with E-state index in [9.17, 15) is 4.79 Å². The molecule has 3 rings (SSSR count). The van der Waals surface area contributed by atoms with Crippen LogP contribution in [0.25, 0.3) is 11.4 Å². The quantitative estimate of drug-likeness (QED) is 0.393. The molecular weight excluding hydrogens is 354 g/mol. The van der Waals surface area contributed by atoms with Crippen molar-refractivity contribution in [1.82, 2.24) is 20.2 Å². The van der Waals surface area contributed by atoms with Gasteiger partial charge in [-0.2, -0.15) is 5.10 Å². The van der Waals surface area contributed by atoms with Gasteiger partial charge in [-0.1, -0.05) is 48.2 Å². The van der Waals surface area contributed by atoms with Crippen molar-refractivity contribution in [2.24, 2.45) is 5.10 Å². The Labute approximate surface area is 154 Å². The van der Waals surface area contributed by atoms with E-state index >= 15 is 0 Å². The van der Waals surface area contributed by atoms with Crippen LogP contribution in [0.4, 0.5) is 0 Å². The fraction of sp³-hybridized carbons (Fsp3) is 0.176. The Balaban J connectivity index is 1.59. The second-order valence-electron chi connectivity index (χ2n) is 5.01. The van der Waals surface area contributed by atoms with Gasteiger partial charge in [0.05, 0.1) is 12.0 Å². The summed E-state index contributed by atoms with van der Waals surface area (Å²) in [6.07, 6.45) is 1.63. The van der Waals surface area contributed by atoms with E-state index in [2.05, 4.69) is 20.7 Å². The summed E-state index contributed by atoms with van der Waals surface area (Å²) >= 11 is 2.91. The number of nitrogens with one attached hydrogen (secondary N) is 1. The first-order valence-electron chi connectivity index (χ1n) is 7.74. The number of amides is 1. The number of hydrogen-bond donors (Lipinski definition) is 1. The first-order chi connectivity index (χ1) is 12.3. The van der Waals surface area contributed by atoms with Gasteiger partial charge >= 0.3 is 0 Å². The van der Waals surface area contributed by atoms with Crippen molar-refractivity contribution >= 4 is 35.2 Å². The van der Waals surface area contributed by atoms with Crippen LogP contribution in [-0.2, 0) is 11.3 Å². The van der Waals surface area contributed by atoms with Crippen molar-refractivity contribution in [3.8, 4) is 11.4 Å². The number of rotatable bonds is 7. The number of carbonyl (C=O) groups is 1. The Kier molecular flexibility index (Phi) is 5.97. The van der Waals surface area contributed by atoms with E-state index in [0.717, 1.165) is 28.0 Å². The smallest absolute Gasteiger partial charge is 0.250 e. The first kappa shape index (κ1) is 17.4. The molecule has 0 bridgehead atoms. The molecule has 1 amide bonds. The number of thioether (sulfide) groups is 1. The zero-order chi connectivity index (χ0) is 17.5. The molecule has 25 heavy (non-hydrogen) atoms. The minimum atomic E-state index is -0.176. The maximum Gasteiger partial charge on any atom is 0.250 e. The molecule has 0 unspecified atom stereocenters. The Hall–Kier alpha value is -2.45. The third-order valence-electron chi connectivity index (χ3n) is 3.32. The lowest BCUT2D eigenvalue weighted by Crippen LogP contribution is -2.19. The topological polar surface area (TPSA) is 72.2 Å². The molecule has 6 nitrogen and oxygen atoms in total. The molecule has 0 saturated carbocycles. The minimum absolute atomic E-state index is 0.176. The van der Waals surface area contributed by atoms with Gasteiger partial charge in [0.15, 0.2) is 11.0 Å². The van der Waals surface area contributed by atoms with E-state index in [1.54, 1.807) is 17.6 Å². The van der Waals surface area contributed by atoms with Crippen LogP contribution in [0.15, 0.2) is 58.1 Å². The molecule has 0 fully saturated rings. The summed E-state index contributed by atoms with van der Waals surface area (Å²) in [6, 6.07) is 13.8. The summed E-state index contributed by atoms with van der Waals surface area (Å²) in [4.78, 5) is 12.9. The zero-order valence-electron chi connectivity index (χ0n) is 13.6. The zero-order valence-corrected chi connectivity index (χ0v) is 15.3. The fourth-order valence-corrected chi connectivity index (χ4v) is 3.56. The number of aromatic nitrogens is 3. The van der Waals surface area contributed by atoms with Crippen LogP contribution >= 0.6 is 23.1 Å². The standard InChI is InChI=1S/C17H17N5OS2/c1-2-22-16(13-7-4-3-5-8-13)20-21-17(22)25-12-15(23)19-18-11-14-9-6-10-24-14/h3-11H,2,12H2,1H3,(H,19,23)/b18-11+. The fourth-order valence-electron chi connectivity index (χ4n) is 2.18. The van der Waals surface area contributed by atoms with E-state index in [1.807, 2.05) is 59.3 Å². The van der Waals surface area contributed by atoms with Crippen molar-refractivity contribution in [3.05, 3.63) is 52.7 Å². The van der Waals surface area contributed by atoms with Crippen LogP contribution in [0.1, 0.15) is 11.8 Å². The van der Waals surface area contributed by atoms with Crippen molar-refractivity contribution in [1.29, 1.82) is 0 Å². The third kappa shape index (κ3) is 4.55. The molecule has 0 atom stereocenters. The van der Waals surface area contributed by atoms with Crippen LogP contribution in [0.2, 0.25) is 0 Å². The van der Waals surface area contributed by atoms with Crippen molar-refractivity contribution in [2.75, 3.05) is 5.75 Å². The summed E-state index contributed by atoms with van der Waals surface area (Å²) in [7, 11) is 0. The van der Waals surface area contributed by atoms with Crippen LogP contribution in [-0.4, -0.2) is 32.6 Å². The maximum atomic E-state index is 11.9. The van der Waals surface area contributed by atoms with E-state index < -0.39 is 0 Å². The van der Waals surface area contributed by atoms with Gasteiger partial charge < -0.3 is 4.57 Å². The van der Waals surface area contributed by atoms with Crippen molar-refractivity contribution in [3.63, 3.8) is 0 Å². The molecule has 128 valence electrons. The highest BCUT2D eigenvalue weighted by Gasteiger charge is 2.14. The lowest BCUT2D eigenvalue weighted by atomic mass is 10.2. The maximum absolute atomic E-state index is 11.9. The molecule has 2 aromatic heterocycles. The summed E-state index contributed by atoms with van der Waals surface area (Å²) in [5.74, 6) is 0.862. The Bertz CT molecular complexity index is 843. The van der Waals surface area contributed by atoms with Crippen LogP contribution < -0.4 is 5.43 Å². The number of hydrogen-bond acceptors (Lipinski definition) is 6. The largest absolute Gasteiger partial charge is 0.302 e. The molecule has 1 aromatic carbocycles.